The van der Waals surface area contributed by atoms with E-state index in [4.69, 9.17) is 4.42 Å². The van der Waals surface area contributed by atoms with E-state index >= 15 is 0 Å². The van der Waals surface area contributed by atoms with E-state index in [1.165, 1.54) is 0 Å². The highest BCUT2D eigenvalue weighted by atomic mass is 16.3. The summed E-state index contributed by atoms with van der Waals surface area (Å²) in [5.74, 6) is 2.24. The van der Waals surface area contributed by atoms with E-state index in [0.29, 0.717) is 23.6 Å². The summed E-state index contributed by atoms with van der Waals surface area (Å²) in [6.45, 7) is 2.35. The van der Waals surface area contributed by atoms with Gasteiger partial charge in [-0.3, -0.25) is 4.68 Å². The summed E-state index contributed by atoms with van der Waals surface area (Å²) >= 11 is 0. The van der Waals surface area contributed by atoms with Crippen molar-refractivity contribution in [2.45, 2.75) is 13.5 Å². The molecule has 0 saturated carbocycles. The lowest BCUT2D eigenvalue weighted by atomic mass is 10.2. The molecule has 0 aliphatic rings. The molecule has 1 aromatic carbocycles. The van der Waals surface area contributed by atoms with Crippen LogP contribution in [0.2, 0.25) is 0 Å². The molecule has 0 saturated heterocycles. The first-order chi connectivity index (χ1) is 11.2. The van der Waals surface area contributed by atoms with Crippen molar-refractivity contribution in [3.63, 3.8) is 0 Å². The zero-order valence-corrected chi connectivity index (χ0v) is 12.5. The molecule has 0 fully saturated rings. The SMILES string of the molecule is Cc1ccc(-c2ncc3nn(Cc4ccccc4O)cc3n2)o1. The van der Waals surface area contributed by atoms with Crippen LogP contribution in [0.1, 0.15) is 11.3 Å². The van der Waals surface area contributed by atoms with Crippen molar-refractivity contribution in [2.24, 2.45) is 0 Å². The number of fused-ring (bicyclic) bond motifs is 1. The minimum absolute atomic E-state index is 0.255. The van der Waals surface area contributed by atoms with Gasteiger partial charge in [-0.05, 0) is 25.1 Å². The predicted molar refractivity (Wildman–Crippen MR) is 85.0 cm³/mol. The Balaban J connectivity index is 1.69. The van der Waals surface area contributed by atoms with Gasteiger partial charge in [0.25, 0.3) is 0 Å². The van der Waals surface area contributed by atoms with Crippen molar-refractivity contribution in [3.8, 4) is 17.3 Å². The van der Waals surface area contributed by atoms with Gasteiger partial charge in [0.1, 0.15) is 22.5 Å². The Kier molecular flexibility index (Phi) is 3.08. The van der Waals surface area contributed by atoms with Gasteiger partial charge in [0, 0.05) is 5.56 Å². The summed E-state index contributed by atoms with van der Waals surface area (Å²) in [5.41, 5.74) is 2.24. The molecule has 4 rings (SSSR count). The van der Waals surface area contributed by atoms with E-state index in [1.54, 1.807) is 23.0 Å². The van der Waals surface area contributed by atoms with Gasteiger partial charge in [0.15, 0.2) is 11.6 Å². The van der Waals surface area contributed by atoms with Crippen molar-refractivity contribution >= 4 is 11.0 Å². The molecular formula is C17H14N4O2. The van der Waals surface area contributed by atoms with Gasteiger partial charge in [-0.15, -0.1) is 0 Å². The Morgan fingerprint density at radius 1 is 1.13 bits per heavy atom. The highest BCUT2D eigenvalue weighted by Crippen LogP contribution is 2.21. The summed E-state index contributed by atoms with van der Waals surface area (Å²) in [6, 6.07) is 10.9. The number of hydrogen-bond acceptors (Lipinski definition) is 5. The highest BCUT2D eigenvalue weighted by molar-refractivity contribution is 5.74. The Hall–Kier alpha value is -3.15. The van der Waals surface area contributed by atoms with Gasteiger partial charge in [-0.1, -0.05) is 18.2 Å². The van der Waals surface area contributed by atoms with Crippen LogP contribution in [0.5, 0.6) is 5.75 Å². The third kappa shape index (κ3) is 2.55. The largest absolute Gasteiger partial charge is 0.508 e. The van der Waals surface area contributed by atoms with Crippen LogP contribution in [0.25, 0.3) is 22.6 Å². The number of phenolic OH excluding ortho intramolecular Hbond substituents is 1. The van der Waals surface area contributed by atoms with Gasteiger partial charge < -0.3 is 9.52 Å². The number of aromatic hydroxyl groups is 1. The third-order valence-corrected chi connectivity index (χ3v) is 3.59. The quantitative estimate of drug-likeness (QED) is 0.629. The lowest BCUT2D eigenvalue weighted by Crippen LogP contribution is -1.99. The molecule has 0 spiro atoms. The van der Waals surface area contributed by atoms with E-state index in [9.17, 15) is 5.11 Å². The molecule has 114 valence electrons. The molecule has 0 unspecified atom stereocenters. The number of hydrogen-bond donors (Lipinski definition) is 1. The van der Waals surface area contributed by atoms with Crippen molar-refractivity contribution in [3.05, 3.63) is 60.1 Å². The summed E-state index contributed by atoms with van der Waals surface area (Å²) in [6.07, 6.45) is 3.51. The van der Waals surface area contributed by atoms with Crippen molar-refractivity contribution < 1.29 is 9.52 Å². The molecule has 0 atom stereocenters. The Labute approximate surface area is 132 Å². The molecule has 0 amide bonds. The summed E-state index contributed by atoms with van der Waals surface area (Å²) in [5, 5.41) is 14.3. The van der Waals surface area contributed by atoms with Crippen LogP contribution in [-0.4, -0.2) is 24.9 Å². The first kappa shape index (κ1) is 13.5. The predicted octanol–water partition coefficient (Wildman–Crippen LogP) is 3.15. The molecule has 3 aromatic heterocycles. The highest BCUT2D eigenvalue weighted by Gasteiger charge is 2.10. The third-order valence-electron chi connectivity index (χ3n) is 3.59. The number of aromatic nitrogens is 4. The van der Waals surface area contributed by atoms with Gasteiger partial charge in [-0.25, -0.2) is 9.97 Å². The molecule has 1 N–H and O–H groups in total. The number of benzene rings is 1. The second kappa shape index (κ2) is 5.24. The van der Waals surface area contributed by atoms with Crippen LogP contribution in [0.4, 0.5) is 0 Å². The fourth-order valence-corrected chi connectivity index (χ4v) is 2.44. The second-order valence-electron chi connectivity index (χ2n) is 5.33. The molecule has 3 heterocycles. The lowest BCUT2D eigenvalue weighted by Gasteiger charge is -2.03. The Morgan fingerprint density at radius 2 is 2.00 bits per heavy atom. The van der Waals surface area contributed by atoms with Crippen molar-refractivity contribution in [1.29, 1.82) is 0 Å². The van der Waals surface area contributed by atoms with Crippen LogP contribution >= 0.6 is 0 Å². The fraction of sp³-hybridized carbons (Fsp3) is 0.118. The van der Waals surface area contributed by atoms with E-state index in [2.05, 4.69) is 15.1 Å². The number of rotatable bonds is 3. The molecule has 4 aromatic rings. The van der Waals surface area contributed by atoms with Crippen LogP contribution < -0.4 is 0 Å². The Morgan fingerprint density at radius 3 is 2.78 bits per heavy atom. The molecule has 6 nitrogen and oxygen atoms in total. The van der Waals surface area contributed by atoms with E-state index in [0.717, 1.165) is 16.8 Å². The number of aryl methyl sites for hydroxylation is 1. The second-order valence-corrected chi connectivity index (χ2v) is 5.33. The molecule has 0 aliphatic heterocycles. The Bertz CT molecular complexity index is 987. The average Bonchev–Trinajstić information content (AvgIpc) is 3.14. The first-order valence-corrected chi connectivity index (χ1v) is 7.23. The number of nitrogens with zero attached hydrogens (tertiary/aromatic N) is 4. The van der Waals surface area contributed by atoms with Crippen molar-refractivity contribution in [2.75, 3.05) is 0 Å². The molecule has 0 aliphatic carbocycles. The summed E-state index contributed by atoms with van der Waals surface area (Å²) < 4.78 is 7.29. The number of phenols is 1. The lowest BCUT2D eigenvalue weighted by molar-refractivity contribution is 0.464. The zero-order chi connectivity index (χ0) is 15.8. The number of furan rings is 1. The van der Waals surface area contributed by atoms with Gasteiger partial charge in [0.05, 0.1) is 18.9 Å². The van der Waals surface area contributed by atoms with Gasteiger partial charge >= 0.3 is 0 Å². The standard InChI is InChI=1S/C17H14N4O2/c1-11-6-7-16(23-11)17-18-8-13-14(19-17)10-21(20-13)9-12-4-2-3-5-15(12)22/h2-8,10,22H,9H2,1H3. The van der Waals surface area contributed by atoms with E-state index in [-0.39, 0.29) is 5.75 Å². The molecule has 0 radical (unpaired) electrons. The van der Waals surface area contributed by atoms with Crippen LogP contribution in [0.15, 0.2) is 53.2 Å². The van der Waals surface area contributed by atoms with Crippen molar-refractivity contribution in [1.82, 2.24) is 19.7 Å². The molecule has 23 heavy (non-hydrogen) atoms. The van der Waals surface area contributed by atoms with Crippen LogP contribution in [0, 0.1) is 6.92 Å². The summed E-state index contributed by atoms with van der Waals surface area (Å²) in [4.78, 5) is 8.79. The first-order valence-electron chi connectivity index (χ1n) is 7.23. The molecule has 0 bridgehead atoms. The number of para-hydroxylation sites is 1. The maximum Gasteiger partial charge on any atom is 0.196 e. The molecular weight excluding hydrogens is 292 g/mol. The minimum Gasteiger partial charge on any atom is -0.508 e. The zero-order valence-electron chi connectivity index (χ0n) is 12.5. The molecule has 6 heteroatoms. The maximum atomic E-state index is 9.86. The monoisotopic (exact) mass is 306 g/mol. The van der Waals surface area contributed by atoms with Gasteiger partial charge in [-0.2, -0.15) is 5.10 Å². The maximum absolute atomic E-state index is 9.86. The minimum atomic E-state index is 0.255. The fourth-order valence-electron chi connectivity index (χ4n) is 2.44. The summed E-state index contributed by atoms with van der Waals surface area (Å²) in [7, 11) is 0. The van der Waals surface area contributed by atoms with E-state index in [1.807, 2.05) is 37.4 Å². The topological polar surface area (TPSA) is 77.0 Å². The smallest absolute Gasteiger partial charge is 0.196 e. The van der Waals surface area contributed by atoms with E-state index < -0.39 is 0 Å². The van der Waals surface area contributed by atoms with Crippen LogP contribution in [-0.2, 0) is 6.54 Å². The average molecular weight is 306 g/mol. The van der Waals surface area contributed by atoms with Gasteiger partial charge in [0.2, 0.25) is 0 Å². The van der Waals surface area contributed by atoms with Crippen LogP contribution in [0.3, 0.4) is 0 Å². The normalized spacial score (nSPS) is 11.2.